The largest absolute Gasteiger partial charge is 0.497 e. The third kappa shape index (κ3) is 14.7. The summed E-state index contributed by atoms with van der Waals surface area (Å²) in [5.74, 6) is 1.56. The van der Waals surface area contributed by atoms with Gasteiger partial charge in [-0.1, -0.05) is 99.8 Å². The molecule has 3 aliphatic rings. The van der Waals surface area contributed by atoms with Gasteiger partial charge in [-0.2, -0.15) is 13.2 Å². The molecule has 0 radical (unpaired) electrons. The van der Waals surface area contributed by atoms with Crippen molar-refractivity contribution in [1.82, 2.24) is 29.7 Å². The number of methoxy groups -OCH3 is 1. The Balaban J connectivity index is 0.000000134. The van der Waals surface area contributed by atoms with Gasteiger partial charge < -0.3 is 38.6 Å². The molecule has 3 unspecified atom stereocenters. The number of carbonyl (C=O) groups excluding carboxylic acids is 3. The Kier molecular flexibility index (Phi) is 20.0. The van der Waals surface area contributed by atoms with Gasteiger partial charge in [-0.05, 0) is 216 Å². The number of nitrogens with one attached hydrogen (secondary N) is 3. The second kappa shape index (κ2) is 29.3. The maximum Gasteiger partial charge on any atom is 0.416 e. The second-order valence-corrected chi connectivity index (χ2v) is 25.9. The van der Waals surface area contributed by atoms with E-state index >= 15 is 0 Å². The van der Waals surface area contributed by atoms with Gasteiger partial charge in [0.15, 0.2) is 0 Å². The van der Waals surface area contributed by atoms with Gasteiger partial charge in [0.25, 0.3) is 0 Å². The van der Waals surface area contributed by atoms with Crippen LogP contribution in [0.25, 0.3) is 32.7 Å². The number of H-pyrrole nitrogens is 3. The van der Waals surface area contributed by atoms with Crippen molar-refractivity contribution in [2.24, 2.45) is 0 Å². The predicted molar refractivity (Wildman–Crippen MR) is 378 cm³/mol. The van der Waals surface area contributed by atoms with E-state index < -0.39 is 47.9 Å². The predicted octanol–water partition coefficient (Wildman–Crippen LogP) is 20.5. The number of fused-ring (bicyclic) bond motifs is 9. The molecule has 15 rings (SSSR count). The molecule has 3 N–H and O–H groups in total. The van der Waals surface area contributed by atoms with Crippen LogP contribution in [0.5, 0.6) is 28.7 Å². The van der Waals surface area contributed by atoms with Crippen LogP contribution in [-0.2, 0) is 25.4 Å². The number of ether oxygens (including phenoxy) is 5. The average molecular weight is 1480 g/mol. The number of hydrogen-bond donors (Lipinski definition) is 3. The Bertz CT molecular complexity index is 5000. The van der Waals surface area contributed by atoms with Crippen LogP contribution in [0.2, 0.25) is 15.1 Å². The van der Waals surface area contributed by atoms with Crippen molar-refractivity contribution < 1.29 is 60.0 Å². The second-order valence-electron chi connectivity index (χ2n) is 23.7. The lowest BCUT2D eigenvalue weighted by atomic mass is 9.92. The van der Waals surface area contributed by atoms with E-state index in [9.17, 15) is 36.3 Å². The van der Waals surface area contributed by atoms with E-state index in [1.54, 1.807) is 47.3 Å². The summed E-state index contributed by atoms with van der Waals surface area (Å²) in [5.41, 5.74) is 10.3. The number of hydrogen-bond acceptors (Lipinski definition) is 8. The Morgan fingerprint density at radius 2 is 0.820 bits per heavy atom. The molecule has 14 nitrogen and oxygen atoms in total. The number of alkyl halides is 3. The Labute approximate surface area is 593 Å². The van der Waals surface area contributed by atoms with Crippen molar-refractivity contribution in [3.8, 4) is 28.7 Å². The highest BCUT2D eigenvalue weighted by molar-refractivity contribution is 9.10. The van der Waals surface area contributed by atoms with Crippen molar-refractivity contribution in [1.29, 1.82) is 0 Å². The number of benzene rings is 9. The highest BCUT2D eigenvalue weighted by Crippen LogP contribution is 2.44. The SMILES string of the molecule is C=CCOc1ccc(C2c3[nH]c4ccc(Cl)cc4c3CCN2C(=O)Oc2ccc(F)cc2)cc1.COc1ccc(C2c3[nH]c4ccc(Cl)cc4c3CCN2C(=O)Oc2ccc(F)cc2)cc1.O=C(Oc1ccc(Cl)cc1)N1CCc2c([nH]c3ccc(Br)cc23)C1c1ccc(C(F)(F)F)cc1. The minimum absolute atomic E-state index is 0.285. The van der Waals surface area contributed by atoms with Crippen LogP contribution >= 0.6 is 50.7 Å². The molecular weight excluding hydrogens is 1420 g/mol. The molecule has 0 fully saturated rings. The van der Waals surface area contributed by atoms with Gasteiger partial charge in [0, 0.05) is 89.0 Å². The highest BCUT2D eigenvalue weighted by atomic mass is 79.9. The fraction of sp³-hybridized carbons (Fsp3) is 0.156. The minimum Gasteiger partial charge on any atom is -0.497 e. The fourth-order valence-electron chi connectivity index (χ4n) is 12.9. The lowest BCUT2D eigenvalue weighted by molar-refractivity contribution is -0.137. The summed E-state index contributed by atoms with van der Waals surface area (Å²) in [7, 11) is 1.61. The molecular formula is C77H59BrCl3F5N6O8. The van der Waals surface area contributed by atoms with E-state index in [2.05, 4.69) is 37.5 Å². The first-order chi connectivity index (χ1) is 48.3. The Hall–Kier alpha value is -10.3. The third-order valence-electron chi connectivity index (χ3n) is 17.6. The van der Waals surface area contributed by atoms with Crippen LogP contribution in [0.1, 0.15) is 74.2 Å². The summed E-state index contributed by atoms with van der Waals surface area (Å²) in [4.78, 5) is 54.9. The molecule has 0 saturated heterocycles. The molecule has 23 heteroatoms. The summed E-state index contributed by atoms with van der Waals surface area (Å²) in [6.07, 6.45) is -2.51. The zero-order valence-corrected chi connectivity index (χ0v) is 56.9. The first kappa shape index (κ1) is 68.3. The molecule has 6 heterocycles. The van der Waals surface area contributed by atoms with Crippen molar-refractivity contribution in [2.45, 2.75) is 43.6 Å². The van der Waals surface area contributed by atoms with Gasteiger partial charge in [0.1, 0.15) is 65.1 Å². The van der Waals surface area contributed by atoms with Gasteiger partial charge in [-0.15, -0.1) is 0 Å². The molecule has 0 bridgehead atoms. The van der Waals surface area contributed by atoms with Crippen LogP contribution in [-0.4, -0.2) is 81.3 Å². The van der Waals surface area contributed by atoms with Gasteiger partial charge >= 0.3 is 24.5 Å². The summed E-state index contributed by atoms with van der Waals surface area (Å²) in [6, 6.07) is 53.2. The van der Waals surface area contributed by atoms with Crippen LogP contribution in [0, 0.1) is 11.6 Å². The molecule has 3 aromatic heterocycles. The van der Waals surface area contributed by atoms with Crippen molar-refractivity contribution in [3.63, 3.8) is 0 Å². The standard InChI is InChI=1S/C27H22ClFN2O3.C25H17BrClF3N2O2.C25H20ClFN2O3/c1-2-15-33-20-8-3-17(4-9-20)26-25-22(23-16-18(28)5-12-24(23)30-25)13-14-31(26)27(32)34-21-10-6-19(29)7-11-21;26-16-5-10-21-20(13-16)19-11-12-32(24(33)34-18-8-6-17(27)7-9-18)23(22(19)31-21)14-1-3-15(4-2-14)25(28,29)30;1-31-18-7-2-15(3-8-18)24-23-20(21-14-16(26)4-11-22(21)28-23)12-13-29(24)25(30)32-19-9-5-17(27)6-10-19/h2-12,16,26,30H,1,13-15H2;1-10,13,23,31H,11-12H2;2-11,14,24,28H,12-13H2,1H3. The normalized spacial score (nSPS) is 15.5. The van der Waals surface area contributed by atoms with E-state index in [1.165, 1.54) is 65.6 Å². The first-order valence-electron chi connectivity index (χ1n) is 31.5. The summed E-state index contributed by atoms with van der Waals surface area (Å²) < 4.78 is 94.5. The molecule has 100 heavy (non-hydrogen) atoms. The molecule has 3 aliphatic heterocycles. The number of aromatic nitrogens is 3. The van der Waals surface area contributed by atoms with Crippen LogP contribution in [0.3, 0.4) is 0 Å². The molecule has 12 aromatic rings. The number of nitrogens with zero attached hydrogens (tertiary/aromatic N) is 3. The molecule has 9 aromatic carbocycles. The van der Waals surface area contributed by atoms with Gasteiger partial charge in [0.05, 0.1) is 12.7 Å². The highest BCUT2D eigenvalue weighted by Gasteiger charge is 2.40. The average Bonchev–Trinajstić information content (AvgIpc) is 1.61. The number of amides is 3. The molecule has 3 atom stereocenters. The van der Waals surface area contributed by atoms with E-state index in [4.69, 9.17) is 58.5 Å². The van der Waals surface area contributed by atoms with Crippen molar-refractivity contribution in [2.75, 3.05) is 33.4 Å². The lowest BCUT2D eigenvalue weighted by Gasteiger charge is -2.35. The number of rotatable bonds is 10. The van der Waals surface area contributed by atoms with E-state index in [0.717, 1.165) is 100.0 Å². The smallest absolute Gasteiger partial charge is 0.416 e. The molecule has 0 saturated carbocycles. The third-order valence-corrected chi connectivity index (χ3v) is 18.8. The van der Waals surface area contributed by atoms with E-state index in [1.807, 2.05) is 103 Å². The maximum absolute atomic E-state index is 13.3. The van der Waals surface area contributed by atoms with Crippen LogP contribution in [0.4, 0.5) is 36.3 Å². The number of aromatic amines is 3. The number of carbonyl (C=O) groups is 3. The van der Waals surface area contributed by atoms with Crippen LogP contribution in [0.15, 0.2) is 217 Å². The van der Waals surface area contributed by atoms with E-state index in [-0.39, 0.29) is 17.6 Å². The van der Waals surface area contributed by atoms with E-state index in [0.29, 0.717) is 83.4 Å². The van der Waals surface area contributed by atoms with Crippen molar-refractivity contribution >= 4 is 102 Å². The topological polar surface area (TPSA) is 154 Å². The maximum atomic E-state index is 13.3. The molecule has 508 valence electrons. The Morgan fingerprint density at radius 3 is 1.20 bits per heavy atom. The quantitative estimate of drug-likeness (QED) is 0.0903. The molecule has 0 aliphatic carbocycles. The molecule has 3 amide bonds. The molecule has 0 spiro atoms. The summed E-state index contributed by atoms with van der Waals surface area (Å²) in [5, 5.41) is 4.94. The zero-order chi connectivity index (χ0) is 69.9. The number of halogens is 9. The van der Waals surface area contributed by atoms with Crippen molar-refractivity contribution in [3.05, 3.63) is 300 Å². The summed E-state index contributed by atoms with van der Waals surface area (Å²) in [6.45, 7) is 5.33. The minimum atomic E-state index is -4.45. The zero-order valence-electron chi connectivity index (χ0n) is 53.0. The fourth-order valence-corrected chi connectivity index (χ4v) is 13.8. The monoisotopic (exact) mass is 1470 g/mol. The van der Waals surface area contributed by atoms with Gasteiger partial charge in [-0.25, -0.2) is 23.2 Å². The lowest BCUT2D eigenvalue weighted by Crippen LogP contribution is -2.42. The Morgan fingerprint density at radius 1 is 0.480 bits per heavy atom. The van der Waals surface area contributed by atoms with Gasteiger partial charge in [-0.3, -0.25) is 14.7 Å². The summed E-state index contributed by atoms with van der Waals surface area (Å²) >= 11 is 21.9. The van der Waals surface area contributed by atoms with Crippen LogP contribution < -0.4 is 23.7 Å². The first-order valence-corrected chi connectivity index (χ1v) is 33.5. The van der Waals surface area contributed by atoms with Gasteiger partial charge in [0.2, 0.25) is 0 Å².